The van der Waals surface area contributed by atoms with Crippen LogP contribution < -0.4 is 10.6 Å². The summed E-state index contributed by atoms with van der Waals surface area (Å²) in [6.45, 7) is 14.5. The maximum atomic E-state index is 5.34. The van der Waals surface area contributed by atoms with Crippen LogP contribution in [0, 0.1) is 5.92 Å². The van der Waals surface area contributed by atoms with E-state index in [2.05, 4.69) is 34.4 Å². The summed E-state index contributed by atoms with van der Waals surface area (Å²) in [5.41, 5.74) is 0. The van der Waals surface area contributed by atoms with Crippen molar-refractivity contribution in [3.63, 3.8) is 0 Å². The van der Waals surface area contributed by atoms with E-state index in [9.17, 15) is 0 Å². The molecule has 0 unspecified atom stereocenters. The number of nitrogens with zero attached hydrogens (tertiary/aromatic N) is 2. The largest absolute Gasteiger partial charge is 0.382 e. The van der Waals surface area contributed by atoms with Crippen LogP contribution in [0.25, 0.3) is 0 Å². The second-order valence-corrected chi connectivity index (χ2v) is 6.12. The van der Waals surface area contributed by atoms with Crippen LogP contribution >= 0.6 is 0 Å². The summed E-state index contributed by atoms with van der Waals surface area (Å²) < 4.78 is 5.34. The van der Waals surface area contributed by atoms with Crippen molar-refractivity contribution in [1.82, 2.24) is 15.5 Å². The molecule has 0 amide bonds. The van der Waals surface area contributed by atoms with Crippen LogP contribution in [0.1, 0.15) is 46.5 Å². The molecule has 1 fully saturated rings. The van der Waals surface area contributed by atoms with E-state index in [1.54, 1.807) is 0 Å². The number of nitrogens with one attached hydrogen (secondary N) is 2. The zero-order valence-electron chi connectivity index (χ0n) is 14.9. The van der Waals surface area contributed by atoms with E-state index in [4.69, 9.17) is 4.74 Å². The molecule has 2 N–H and O–H groups in total. The van der Waals surface area contributed by atoms with Crippen LogP contribution in [0.2, 0.25) is 0 Å². The van der Waals surface area contributed by atoms with Gasteiger partial charge in [0, 0.05) is 39.4 Å². The van der Waals surface area contributed by atoms with Gasteiger partial charge in [0.25, 0.3) is 0 Å². The van der Waals surface area contributed by atoms with Gasteiger partial charge < -0.3 is 20.3 Å². The Hall–Kier alpha value is -0.810. The van der Waals surface area contributed by atoms with Crippen molar-refractivity contribution in [2.45, 2.75) is 46.5 Å². The molecule has 0 spiro atoms. The molecule has 22 heavy (non-hydrogen) atoms. The molecule has 1 saturated heterocycles. The third-order valence-corrected chi connectivity index (χ3v) is 4.11. The van der Waals surface area contributed by atoms with Crippen molar-refractivity contribution in [3.8, 4) is 0 Å². The fourth-order valence-corrected chi connectivity index (χ4v) is 2.61. The maximum Gasteiger partial charge on any atom is 0.191 e. The lowest BCUT2D eigenvalue weighted by Crippen LogP contribution is -2.43. The Morgan fingerprint density at radius 1 is 1.18 bits per heavy atom. The van der Waals surface area contributed by atoms with Gasteiger partial charge in [0.05, 0.1) is 0 Å². The van der Waals surface area contributed by atoms with Gasteiger partial charge in [-0.25, -0.2) is 0 Å². The van der Waals surface area contributed by atoms with Gasteiger partial charge in [-0.15, -0.1) is 0 Å². The topological polar surface area (TPSA) is 48.9 Å². The quantitative estimate of drug-likeness (QED) is 0.368. The summed E-state index contributed by atoms with van der Waals surface area (Å²) in [4.78, 5) is 7.18. The predicted molar refractivity (Wildman–Crippen MR) is 94.5 cm³/mol. The molecule has 0 saturated carbocycles. The van der Waals surface area contributed by atoms with Crippen molar-refractivity contribution in [3.05, 3.63) is 0 Å². The molecule has 0 atom stereocenters. The Bertz CT molecular complexity index is 288. The van der Waals surface area contributed by atoms with Gasteiger partial charge in [0.1, 0.15) is 0 Å². The van der Waals surface area contributed by atoms with Crippen molar-refractivity contribution in [1.29, 1.82) is 0 Å². The Kier molecular flexibility index (Phi) is 11.1. The van der Waals surface area contributed by atoms with Crippen LogP contribution in [0.4, 0.5) is 0 Å². The fraction of sp³-hybridized carbons (Fsp3) is 0.941. The molecule has 0 aromatic rings. The van der Waals surface area contributed by atoms with Crippen LogP contribution in [0.15, 0.2) is 4.99 Å². The molecule has 5 nitrogen and oxygen atoms in total. The Morgan fingerprint density at radius 2 is 1.95 bits per heavy atom. The number of piperidine rings is 1. The molecule has 130 valence electrons. The molecule has 0 radical (unpaired) electrons. The van der Waals surface area contributed by atoms with Crippen LogP contribution in [0.5, 0.6) is 0 Å². The fourth-order valence-electron chi connectivity index (χ4n) is 2.61. The summed E-state index contributed by atoms with van der Waals surface area (Å²) in [6.07, 6.45) is 4.85. The van der Waals surface area contributed by atoms with E-state index in [0.29, 0.717) is 0 Å². The standard InChI is InChI=1S/C17H36N4O/c1-4-18-17(19-10-6-7-15-22-5-2)20-11-14-21-12-8-16(3)9-13-21/h16H,4-15H2,1-3H3,(H2,18,19,20). The lowest BCUT2D eigenvalue weighted by atomic mass is 9.99. The maximum absolute atomic E-state index is 5.34. The van der Waals surface area contributed by atoms with Crippen LogP contribution in [-0.2, 0) is 4.74 Å². The van der Waals surface area contributed by atoms with Crippen molar-refractivity contribution < 1.29 is 4.74 Å². The normalized spacial score (nSPS) is 17.7. The van der Waals surface area contributed by atoms with E-state index >= 15 is 0 Å². The lowest BCUT2D eigenvalue weighted by Gasteiger charge is -2.30. The second-order valence-electron chi connectivity index (χ2n) is 6.12. The average Bonchev–Trinajstić information content (AvgIpc) is 2.52. The molecule has 1 aliphatic heterocycles. The Labute approximate surface area is 136 Å². The van der Waals surface area contributed by atoms with Crippen molar-refractivity contribution in [2.24, 2.45) is 10.9 Å². The van der Waals surface area contributed by atoms with E-state index in [0.717, 1.165) is 64.1 Å². The molecule has 1 rings (SSSR count). The minimum atomic E-state index is 0.808. The van der Waals surface area contributed by atoms with Crippen LogP contribution in [0.3, 0.4) is 0 Å². The molecule has 5 heteroatoms. The average molecular weight is 313 g/mol. The highest BCUT2D eigenvalue weighted by atomic mass is 16.5. The highest BCUT2D eigenvalue weighted by Gasteiger charge is 2.14. The summed E-state index contributed by atoms with van der Waals surface area (Å²) in [6, 6.07) is 0. The first-order valence-electron chi connectivity index (χ1n) is 9.08. The van der Waals surface area contributed by atoms with Gasteiger partial charge in [-0.05, 0) is 58.5 Å². The predicted octanol–water partition coefficient (Wildman–Crippen LogP) is 2.09. The summed E-state index contributed by atoms with van der Waals surface area (Å²) in [5, 5.41) is 6.77. The van der Waals surface area contributed by atoms with Gasteiger partial charge in [-0.3, -0.25) is 4.99 Å². The number of aliphatic imine (C=N–C) groups is 1. The second kappa shape index (κ2) is 12.7. The number of likely N-dealkylation sites (tertiary alicyclic amines) is 1. The molecule has 0 bridgehead atoms. The van der Waals surface area contributed by atoms with Crippen molar-refractivity contribution in [2.75, 3.05) is 52.5 Å². The number of hydrogen-bond acceptors (Lipinski definition) is 3. The molecule has 0 aromatic heterocycles. The first kappa shape index (κ1) is 19.2. The molecular formula is C17H36N4O. The molecule has 0 aromatic carbocycles. The van der Waals surface area contributed by atoms with Gasteiger partial charge in [-0.2, -0.15) is 0 Å². The van der Waals surface area contributed by atoms with E-state index in [1.807, 2.05) is 6.92 Å². The smallest absolute Gasteiger partial charge is 0.191 e. The summed E-state index contributed by atoms with van der Waals surface area (Å²) in [7, 11) is 0. The van der Waals surface area contributed by atoms with E-state index < -0.39 is 0 Å². The number of rotatable bonds is 10. The van der Waals surface area contributed by atoms with E-state index in [1.165, 1.54) is 25.9 Å². The molecule has 1 heterocycles. The van der Waals surface area contributed by atoms with Crippen molar-refractivity contribution >= 4 is 5.96 Å². The number of unbranched alkanes of at least 4 members (excludes halogenated alkanes) is 1. The van der Waals surface area contributed by atoms with Gasteiger partial charge in [-0.1, -0.05) is 6.92 Å². The third-order valence-electron chi connectivity index (χ3n) is 4.11. The highest BCUT2D eigenvalue weighted by molar-refractivity contribution is 5.79. The van der Waals surface area contributed by atoms with Gasteiger partial charge in [0.15, 0.2) is 5.96 Å². The van der Waals surface area contributed by atoms with Crippen LogP contribution in [-0.4, -0.2) is 63.3 Å². The zero-order valence-corrected chi connectivity index (χ0v) is 14.9. The summed E-state index contributed by atoms with van der Waals surface area (Å²) >= 11 is 0. The number of hydrogen-bond donors (Lipinski definition) is 2. The minimum Gasteiger partial charge on any atom is -0.382 e. The highest BCUT2D eigenvalue weighted by Crippen LogP contribution is 2.14. The van der Waals surface area contributed by atoms with Gasteiger partial charge >= 0.3 is 0 Å². The lowest BCUT2D eigenvalue weighted by molar-refractivity contribution is 0.144. The summed E-state index contributed by atoms with van der Waals surface area (Å²) in [5.74, 6) is 1.85. The van der Waals surface area contributed by atoms with E-state index in [-0.39, 0.29) is 0 Å². The molecule has 1 aliphatic rings. The third kappa shape index (κ3) is 9.26. The first-order valence-corrected chi connectivity index (χ1v) is 9.08. The Balaban J connectivity index is 2.14. The first-order chi connectivity index (χ1) is 10.8. The minimum absolute atomic E-state index is 0.808. The zero-order chi connectivity index (χ0) is 16.0. The number of ether oxygens (including phenoxy) is 1. The Morgan fingerprint density at radius 3 is 2.64 bits per heavy atom. The SMILES string of the molecule is CCNC(=NCCCCOCC)NCCN1CCC(C)CC1. The monoisotopic (exact) mass is 312 g/mol. The number of guanidine groups is 1. The van der Waals surface area contributed by atoms with Gasteiger partial charge in [0.2, 0.25) is 0 Å². The molecular weight excluding hydrogens is 276 g/mol. The molecule has 0 aliphatic carbocycles.